The first-order chi connectivity index (χ1) is 16.2. The van der Waals surface area contributed by atoms with Gasteiger partial charge in [0.2, 0.25) is 5.91 Å². The summed E-state index contributed by atoms with van der Waals surface area (Å²) in [4.78, 5) is 16.5. The Labute approximate surface area is 206 Å². The molecule has 0 spiro atoms. The fourth-order valence-corrected chi connectivity index (χ4v) is 4.02. The molecule has 190 valence electrons. The summed E-state index contributed by atoms with van der Waals surface area (Å²) in [6.07, 6.45) is -9.93. The molecule has 0 bridgehead atoms. The highest BCUT2D eigenvalue weighted by Gasteiger charge is 2.62. The molecule has 1 heterocycles. The molecule has 2 N–H and O–H groups in total. The molecule has 0 aromatic heterocycles. The third-order valence-electron chi connectivity index (χ3n) is 5.28. The lowest BCUT2D eigenvalue weighted by molar-refractivity contribution is -0.275. The van der Waals surface area contributed by atoms with Crippen LogP contribution in [0.3, 0.4) is 0 Å². The molecular weight excluding hydrogens is 523 g/mol. The Hall–Kier alpha value is -2.50. The Kier molecular flexibility index (Phi) is 7.93. The van der Waals surface area contributed by atoms with Crippen molar-refractivity contribution in [2.24, 2.45) is 5.16 Å². The van der Waals surface area contributed by atoms with Crippen molar-refractivity contribution in [3.63, 3.8) is 0 Å². The van der Waals surface area contributed by atoms with Crippen LogP contribution in [-0.2, 0) is 21.8 Å². The lowest BCUT2D eigenvalue weighted by atomic mass is 9.86. The van der Waals surface area contributed by atoms with E-state index in [0.717, 1.165) is 12.1 Å². The Morgan fingerprint density at radius 2 is 1.74 bits per heavy atom. The topological polar surface area (TPSA) is 62.7 Å². The second kappa shape index (κ2) is 10.2. The molecular formula is C22H19Cl2F6N3O2. The Balaban J connectivity index is 1.70. The second-order valence-corrected chi connectivity index (χ2v) is 8.80. The van der Waals surface area contributed by atoms with Gasteiger partial charge >= 0.3 is 12.4 Å². The van der Waals surface area contributed by atoms with Crippen molar-refractivity contribution in [1.29, 1.82) is 0 Å². The summed E-state index contributed by atoms with van der Waals surface area (Å²) in [6.45, 7) is 0.0940. The Morgan fingerprint density at radius 1 is 1.09 bits per heavy atom. The van der Waals surface area contributed by atoms with Gasteiger partial charge in [-0.2, -0.15) is 26.3 Å². The molecule has 0 saturated carbocycles. The lowest BCUT2D eigenvalue weighted by Gasteiger charge is -2.29. The molecule has 35 heavy (non-hydrogen) atoms. The smallest absolute Gasteiger partial charge is 0.374 e. The fourth-order valence-electron chi connectivity index (χ4n) is 3.49. The van der Waals surface area contributed by atoms with Gasteiger partial charge in [-0.3, -0.25) is 4.79 Å². The summed E-state index contributed by atoms with van der Waals surface area (Å²) in [7, 11) is 0. The molecule has 0 radical (unpaired) electrons. The summed E-state index contributed by atoms with van der Waals surface area (Å²) >= 11 is 11.8. The first-order valence-electron chi connectivity index (χ1n) is 10.1. The van der Waals surface area contributed by atoms with E-state index >= 15 is 0 Å². The molecule has 5 nitrogen and oxygen atoms in total. The number of hydrogen-bond acceptors (Lipinski definition) is 4. The monoisotopic (exact) mass is 541 g/mol. The van der Waals surface area contributed by atoms with E-state index in [1.54, 1.807) is 30.4 Å². The van der Waals surface area contributed by atoms with Crippen LogP contribution in [0, 0.1) is 6.92 Å². The molecule has 1 aliphatic heterocycles. The van der Waals surface area contributed by atoms with Crippen LogP contribution in [0.4, 0.5) is 26.3 Å². The van der Waals surface area contributed by atoms with Crippen molar-refractivity contribution in [1.82, 2.24) is 10.6 Å². The molecule has 2 aromatic carbocycles. The van der Waals surface area contributed by atoms with Crippen molar-refractivity contribution in [3.05, 3.63) is 68.7 Å². The maximum absolute atomic E-state index is 14.1. The lowest BCUT2D eigenvalue weighted by Crippen LogP contribution is -2.42. The van der Waals surface area contributed by atoms with Crippen molar-refractivity contribution >= 4 is 34.8 Å². The number of carbonyl (C=O) groups excluding carboxylic acids is 1. The number of aryl methyl sites for hydroxylation is 1. The van der Waals surface area contributed by atoms with Gasteiger partial charge in [-0.1, -0.05) is 40.5 Å². The SMILES string of the molecule is Cc1cc(C2=NOC(c3cc(Cl)cc(Cl)c3)(C(F)(F)F)C2)ccc1CNCC(=O)NCC(F)(F)F. The maximum Gasteiger partial charge on any atom is 0.435 e. The van der Waals surface area contributed by atoms with Crippen LogP contribution in [-0.4, -0.2) is 37.1 Å². The highest BCUT2D eigenvalue weighted by Crippen LogP contribution is 2.49. The van der Waals surface area contributed by atoms with Crippen LogP contribution >= 0.6 is 23.2 Å². The molecule has 0 aliphatic carbocycles. The van der Waals surface area contributed by atoms with Crippen LogP contribution in [0.2, 0.25) is 10.0 Å². The molecule has 1 unspecified atom stereocenters. The Bertz CT molecular complexity index is 1120. The predicted octanol–water partition coefficient (Wildman–Crippen LogP) is 5.65. The number of amides is 1. The largest absolute Gasteiger partial charge is 0.435 e. The highest BCUT2D eigenvalue weighted by atomic mass is 35.5. The quantitative estimate of drug-likeness (QED) is 0.445. The molecule has 1 atom stereocenters. The van der Waals surface area contributed by atoms with Gasteiger partial charge in [0.1, 0.15) is 6.54 Å². The van der Waals surface area contributed by atoms with Crippen molar-refractivity contribution in [2.75, 3.05) is 13.1 Å². The van der Waals surface area contributed by atoms with Gasteiger partial charge in [-0.25, -0.2) is 0 Å². The standard InChI is InChI=1S/C22H19Cl2F6N3O2/c1-12-4-13(2-3-14(12)9-31-10-19(34)32-11-21(25,26)27)18-8-20(35-33-18,22(28,29)30)15-5-16(23)7-17(24)6-15/h2-7,31H,8-11H2,1H3,(H,32,34). The van der Waals surface area contributed by atoms with Gasteiger partial charge in [0.05, 0.1) is 12.3 Å². The van der Waals surface area contributed by atoms with Crippen LogP contribution in [0.15, 0.2) is 41.6 Å². The van der Waals surface area contributed by atoms with E-state index in [1.807, 2.05) is 0 Å². The van der Waals surface area contributed by atoms with E-state index in [0.29, 0.717) is 16.7 Å². The van der Waals surface area contributed by atoms with Gasteiger partial charge < -0.3 is 15.5 Å². The molecule has 0 fully saturated rings. The normalized spacial score (nSPS) is 18.3. The molecule has 2 aromatic rings. The highest BCUT2D eigenvalue weighted by molar-refractivity contribution is 6.34. The van der Waals surface area contributed by atoms with Gasteiger partial charge in [0.15, 0.2) is 0 Å². The number of halogens is 8. The van der Waals surface area contributed by atoms with E-state index in [9.17, 15) is 31.1 Å². The fraction of sp³-hybridized carbons (Fsp3) is 0.364. The zero-order chi connectivity index (χ0) is 26.0. The van der Waals surface area contributed by atoms with Crippen molar-refractivity contribution in [3.8, 4) is 0 Å². The van der Waals surface area contributed by atoms with E-state index in [1.165, 1.54) is 6.07 Å². The summed E-state index contributed by atoms with van der Waals surface area (Å²) in [5.74, 6) is -0.821. The number of hydrogen-bond donors (Lipinski definition) is 2. The third kappa shape index (κ3) is 6.59. The number of nitrogens with one attached hydrogen (secondary N) is 2. The molecule has 0 saturated heterocycles. The third-order valence-corrected chi connectivity index (χ3v) is 5.71. The van der Waals surface area contributed by atoms with Crippen LogP contribution in [0.1, 0.15) is 28.7 Å². The van der Waals surface area contributed by atoms with Crippen molar-refractivity contribution in [2.45, 2.75) is 37.8 Å². The number of carbonyl (C=O) groups is 1. The molecule has 1 aliphatic rings. The molecule has 3 rings (SSSR count). The Morgan fingerprint density at radius 3 is 2.31 bits per heavy atom. The number of oxime groups is 1. The molecule has 1 amide bonds. The predicted molar refractivity (Wildman–Crippen MR) is 118 cm³/mol. The van der Waals surface area contributed by atoms with Gasteiger partial charge in [-0.05, 0) is 47.9 Å². The van der Waals surface area contributed by atoms with Crippen LogP contribution in [0.25, 0.3) is 0 Å². The van der Waals surface area contributed by atoms with Gasteiger partial charge in [-0.15, -0.1) is 0 Å². The number of alkyl halides is 6. The summed E-state index contributed by atoms with van der Waals surface area (Å²) in [5.41, 5.74) is -1.21. The summed E-state index contributed by atoms with van der Waals surface area (Å²) < 4.78 is 78.8. The minimum Gasteiger partial charge on any atom is -0.374 e. The van der Waals surface area contributed by atoms with Crippen LogP contribution < -0.4 is 10.6 Å². The van der Waals surface area contributed by atoms with E-state index < -0.39 is 36.8 Å². The van der Waals surface area contributed by atoms with Crippen molar-refractivity contribution < 1.29 is 36.0 Å². The van der Waals surface area contributed by atoms with E-state index in [4.69, 9.17) is 28.0 Å². The summed E-state index contributed by atoms with van der Waals surface area (Å²) in [6, 6.07) is 8.35. The van der Waals surface area contributed by atoms with Gasteiger partial charge in [0, 0.05) is 28.6 Å². The first-order valence-corrected chi connectivity index (χ1v) is 10.9. The maximum atomic E-state index is 14.1. The average molecular weight is 542 g/mol. The number of rotatable bonds is 7. The summed E-state index contributed by atoms with van der Waals surface area (Å²) in [5, 5.41) is 8.22. The zero-order valence-corrected chi connectivity index (χ0v) is 19.6. The minimum absolute atomic E-state index is 0.0213. The zero-order valence-electron chi connectivity index (χ0n) is 18.1. The minimum atomic E-state index is -4.82. The van der Waals surface area contributed by atoms with E-state index in [-0.39, 0.29) is 34.4 Å². The molecule has 13 heteroatoms. The number of nitrogens with zero attached hydrogens (tertiary/aromatic N) is 1. The average Bonchev–Trinajstić information content (AvgIpc) is 3.19. The van der Waals surface area contributed by atoms with Gasteiger partial charge in [0.25, 0.3) is 5.60 Å². The number of benzene rings is 2. The van der Waals surface area contributed by atoms with E-state index in [2.05, 4.69) is 10.5 Å². The first kappa shape index (κ1) is 27.1. The van der Waals surface area contributed by atoms with Crippen LogP contribution in [0.5, 0.6) is 0 Å². The second-order valence-electron chi connectivity index (χ2n) is 7.93.